The van der Waals surface area contributed by atoms with Crippen molar-refractivity contribution in [2.45, 2.75) is 37.6 Å². The summed E-state index contributed by atoms with van der Waals surface area (Å²) in [6.07, 6.45) is 0. The maximum atomic E-state index is 13.5. The monoisotopic (exact) mass is 494 g/mol. The van der Waals surface area contributed by atoms with Crippen LogP contribution in [-0.4, -0.2) is 32.8 Å². The Morgan fingerprint density at radius 2 is 1.85 bits per heavy atom. The average molecular weight is 495 g/mol. The van der Waals surface area contributed by atoms with Crippen molar-refractivity contribution in [2.75, 3.05) is 12.4 Å². The molecule has 1 atom stereocenters. The van der Waals surface area contributed by atoms with Crippen LogP contribution in [0.3, 0.4) is 0 Å². The molecule has 2 N–H and O–H groups in total. The molecule has 0 aliphatic carbocycles. The number of hydrogen-bond donors (Lipinski definition) is 2. The Kier molecular flexibility index (Phi) is 7.44. The van der Waals surface area contributed by atoms with Gasteiger partial charge in [0.05, 0.1) is 33.9 Å². The van der Waals surface area contributed by atoms with Gasteiger partial charge in [0.2, 0.25) is 0 Å². The number of hydrogen-bond acceptors (Lipinski definition) is 5. The summed E-state index contributed by atoms with van der Waals surface area (Å²) >= 11 is 5.74. The minimum atomic E-state index is -4.09. The van der Waals surface area contributed by atoms with Crippen LogP contribution in [-0.2, 0) is 19.4 Å². The predicted molar refractivity (Wildman–Crippen MR) is 122 cm³/mol. The van der Waals surface area contributed by atoms with E-state index in [1.165, 1.54) is 0 Å². The van der Waals surface area contributed by atoms with E-state index in [2.05, 4.69) is 10.6 Å². The standard InChI is InChI=1S/C23H24ClFN2O5S/c1-4-32-22(28)20-19(12-33(30,31)16-9-10-18(25)17(24)11-16)26-23(29)27-21(20)15-7-5-14(6-8-15)13(2)3/h5-11,13,21H,4,12H2,1-3H3,(H2,26,27,29)/t21-/m1/s1. The van der Waals surface area contributed by atoms with Crippen LogP contribution in [0.5, 0.6) is 0 Å². The quantitative estimate of drug-likeness (QED) is 0.442. The molecule has 2 aromatic carbocycles. The predicted octanol–water partition coefficient (Wildman–Crippen LogP) is 4.25. The molecule has 2 amide bonds. The fourth-order valence-electron chi connectivity index (χ4n) is 3.45. The van der Waals surface area contributed by atoms with Gasteiger partial charge in [-0.15, -0.1) is 0 Å². The van der Waals surface area contributed by atoms with E-state index < -0.39 is 39.4 Å². The normalized spacial score (nSPS) is 16.4. The Hall–Kier alpha value is -2.91. The van der Waals surface area contributed by atoms with Crippen molar-refractivity contribution in [1.29, 1.82) is 0 Å². The van der Waals surface area contributed by atoms with E-state index in [0.29, 0.717) is 5.56 Å². The van der Waals surface area contributed by atoms with Gasteiger partial charge in [-0.2, -0.15) is 0 Å². The first kappa shape index (κ1) is 24.7. The number of ether oxygens (including phenoxy) is 1. The third-order valence-electron chi connectivity index (χ3n) is 5.17. The van der Waals surface area contributed by atoms with Crippen LogP contribution < -0.4 is 10.6 Å². The fourth-order valence-corrected chi connectivity index (χ4v) is 5.04. The van der Waals surface area contributed by atoms with Crippen LogP contribution in [0.4, 0.5) is 9.18 Å². The summed E-state index contributed by atoms with van der Waals surface area (Å²) in [5.74, 6) is -1.95. The Labute approximate surface area is 196 Å². The van der Waals surface area contributed by atoms with Crippen molar-refractivity contribution in [3.8, 4) is 0 Å². The number of benzene rings is 2. The molecule has 0 spiro atoms. The van der Waals surface area contributed by atoms with E-state index in [1.807, 2.05) is 26.0 Å². The number of urea groups is 1. The van der Waals surface area contributed by atoms with Crippen molar-refractivity contribution >= 4 is 33.4 Å². The maximum absolute atomic E-state index is 13.5. The van der Waals surface area contributed by atoms with Gasteiger partial charge in [0, 0.05) is 5.70 Å². The Morgan fingerprint density at radius 3 is 2.42 bits per heavy atom. The number of rotatable bonds is 7. The molecule has 0 fully saturated rings. The first-order valence-corrected chi connectivity index (χ1v) is 12.3. The molecule has 0 saturated carbocycles. The number of amides is 2. The van der Waals surface area contributed by atoms with Gasteiger partial charge in [0.1, 0.15) is 5.82 Å². The van der Waals surface area contributed by atoms with Gasteiger partial charge in [-0.1, -0.05) is 49.7 Å². The number of esters is 1. The lowest BCUT2D eigenvalue weighted by molar-refractivity contribution is -0.139. The number of carbonyl (C=O) groups excluding carboxylic acids is 2. The summed E-state index contributed by atoms with van der Waals surface area (Å²) in [6, 6.07) is 8.74. The van der Waals surface area contributed by atoms with Crippen molar-refractivity contribution in [3.05, 3.63) is 75.7 Å². The molecular formula is C23H24ClFN2O5S. The summed E-state index contributed by atoms with van der Waals surface area (Å²) in [5.41, 5.74) is 1.52. The molecule has 0 unspecified atom stereocenters. The zero-order valence-electron chi connectivity index (χ0n) is 18.3. The Bertz CT molecular complexity index is 1210. The summed E-state index contributed by atoms with van der Waals surface area (Å²) in [6.45, 7) is 5.76. The lowest BCUT2D eigenvalue weighted by Crippen LogP contribution is -2.47. The van der Waals surface area contributed by atoms with E-state index >= 15 is 0 Å². The summed E-state index contributed by atoms with van der Waals surface area (Å²) in [5, 5.41) is 4.74. The van der Waals surface area contributed by atoms with Crippen LogP contribution in [0.1, 0.15) is 43.9 Å². The summed E-state index contributed by atoms with van der Waals surface area (Å²) < 4.78 is 44.7. The van der Waals surface area contributed by atoms with Crippen molar-refractivity contribution in [2.24, 2.45) is 0 Å². The van der Waals surface area contributed by atoms with E-state index in [1.54, 1.807) is 19.1 Å². The van der Waals surface area contributed by atoms with Gasteiger partial charge >= 0.3 is 12.0 Å². The number of nitrogens with one attached hydrogen (secondary N) is 2. The van der Waals surface area contributed by atoms with E-state index in [4.69, 9.17) is 16.3 Å². The molecule has 0 aromatic heterocycles. The molecule has 2 aromatic rings. The SMILES string of the molecule is CCOC(=O)C1=C(CS(=O)(=O)c2ccc(F)c(Cl)c2)NC(=O)N[C@@H]1c1ccc(C(C)C)cc1. The molecule has 0 bridgehead atoms. The van der Waals surface area contributed by atoms with Crippen LogP contribution in [0.15, 0.2) is 58.6 Å². The molecule has 3 rings (SSSR count). The zero-order valence-corrected chi connectivity index (χ0v) is 19.9. The minimum absolute atomic E-state index is 0.0227. The molecule has 1 aliphatic heterocycles. The highest BCUT2D eigenvalue weighted by Crippen LogP contribution is 2.31. The molecule has 7 nitrogen and oxygen atoms in total. The Balaban J connectivity index is 2.09. The zero-order chi connectivity index (χ0) is 24.3. The largest absolute Gasteiger partial charge is 0.463 e. The smallest absolute Gasteiger partial charge is 0.338 e. The van der Waals surface area contributed by atoms with Gasteiger partial charge < -0.3 is 15.4 Å². The maximum Gasteiger partial charge on any atom is 0.338 e. The Morgan fingerprint density at radius 1 is 1.18 bits per heavy atom. The average Bonchev–Trinajstić information content (AvgIpc) is 2.75. The van der Waals surface area contributed by atoms with Crippen molar-refractivity contribution in [1.82, 2.24) is 10.6 Å². The van der Waals surface area contributed by atoms with Gasteiger partial charge in [0.25, 0.3) is 0 Å². The second-order valence-corrected chi connectivity index (χ2v) is 10.2. The van der Waals surface area contributed by atoms with Crippen LogP contribution in [0.25, 0.3) is 0 Å². The molecule has 0 saturated heterocycles. The van der Waals surface area contributed by atoms with Crippen LogP contribution in [0, 0.1) is 5.82 Å². The summed E-state index contributed by atoms with van der Waals surface area (Å²) in [4.78, 5) is 25.0. The lowest BCUT2D eigenvalue weighted by atomic mass is 9.93. The van der Waals surface area contributed by atoms with Gasteiger partial charge in [-0.25, -0.2) is 22.4 Å². The first-order valence-electron chi connectivity index (χ1n) is 10.3. The number of sulfone groups is 1. The van der Waals surface area contributed by atoms with Gasteiger partial charge in [0.15, 0.2) is 9.84 Å². The fraction of sp³-hybridized carbons (Fsp3) is 0.304. The number of carbonyl (C=O) groups is 2. The van der Waals surface area contributed by atoms with Gasteiger partial charge in [-0.05, 0) is 42.2 Å². The minimum Gasteiger partial charge on any atom is -0.463 e. The number of halogens is 2. The molecule has 33 heavy (non-hydrogen) atoms. The molecule has 10 heteroatoms. The van der Waals surface area contributed by atoms with Crippen LogP contribution >= 0.6 is 11.6 Å². The highest BCUT2D eigenvalue weighted by molar-refractivity contribution is 7.91. The third-order valence-corrected chi connectivity index (χ3v) is 7.10. The molecule has 176 valence electrons. The van der Waals surface area contributed by atoms with E-state index in [-0.39, 0.29) is 33.7 Å². The molecular weight excluding hydrogens is 471 g/mol. The van der Waals surface area contributed by atoms with E-state index in [9.17, 15) is 22.4 Å². The molecule has 1 aliphatic rings. The van der Waals surface area contributed by atoms with Crippen molar-refractivity contribution in [3.63, 3.8) is 0 Å². The second-order valence-electron chi connectivity index (χ2n) is 7.80. The first-order chi connectivity index (χ1) is 15.5. The topological polar surface area (TPSA) is 102 Å². The lowest BCUT2D eigenvalue weighted by Gasteiger charge is -2.29. The highest BCUT2D eigenvalue weighted by Gasteiger charge is 2.35. The second kappa shape index (κ2) is 9.93. The highest BCUT2D eigenvalue weighted by atomic mass is 35.5. The molecule has 0 radical (unpaired) electrons. The summed E-state index contributed by atoms with van der Waals surface area (Å²) in [7, 11) is -4.09. The van der Waals surface area contributed by atoms with Crippen molar-refractivity contribution < 1.29 is 27.1 Å². The van der Waals surface area contributed by atoms with Crippen LogP contribution in [0.2, 0.25) is 5.02 Å². The molecule has 1 heterocycles. The van der Waals surface area contributed by atoms with Gasteiger partial charge in [-0.3, -0.25) is 0 Å². The third kappa shape index (κ3) is 5.54. The van der Waals surface area contributed by atoms with E-state index in [0.717, 1.165) is 23.8 Å².